The second kappa shape index (κ2) is 8.26. The third kappa shape index (κ3) is 4.50. The number of nitrogens with two attached hydrogens (primary N) is 1. The molecule has 1 atom stereocenters. The number of alkyl halides is 4. The lowest BCUT2D eigenvalue weighted by Gasteiger charge is -2.23. The van der Waals surface area contributed by atoms with E-state index < -0.39 is 30.4 Å². The Balaban J connectivity index is 2.08. The highest BCUT2D eigenvalue weighted by Gasteiger charge is 2.37. The van der Waals surface area contributed by atoms with Crippen molar-refractivity contribution in [2.75, 3.05) is 5.73 Å². The lowest BCUT2D eigenvalue weighted by atomic mass is 9.97. The van der Waals surface area contributed by atoms with Gasteiger partial charge in [0, 0.05) is 12.4 Å². The number of nitrogen functional groups attached to an aromatic ring is 1. The predicted octanol–water partition coefficient (Wildman–Crippen LogP) is 4.07. The standard InChI is InChI=1S/C20H16F4N4O/c21-10-12-3-5-13(6-4-12)17(18-15(20(22,23)24)2-1-8-27-18)28-19(29)14-7-9-26-11-16(14)25/h1-9,11,17H,10,25H2,(H,28,29)/t17-/m0/s1. The Morgan fingerprint density at radius 2 is 1.83 bits per heavy atom. The van der Waals surface area contributed by atoms with E-state index in [0.29, 0.717) is 11.1 Å². The van der Waals surface area contributed by atoms with Crippen molar-refractivity contribution in [1.29, 1.82) is 0 Å². The summed E-state index contributed by atoms with van der Waals surface area (Å²) in [5.41, 5.74) is 5.20. The highest BCUT2D eigenvalue weighted by atomic mass is 19.4. The zero-order valence-corrected chi connectivity index (χ0v) is 14.9. The highest BCUT2D eigenvalue weighted by Crippen LogP contribution is 2.35. The first-order valence-electron chi connectivity index (χ1n) is 8.48. The van der Waals surface area contributed by atoms with Crippen molar-refractivity contribution < 1.29 is 22.4 Å². The summed E-state index contributed by atoms with van der Waals surface area (Å²) in [4.78, 5) is 20.4. The fourth-order valence-electron chi connectivity index (χ4n) is 2.82. The Kier molecular flexibility index (Phi) is 5.76. The average molecular weight is 404 g/mol. The highest BCUT2D eigenvalue weighted by molar-refractivity contribution is 5.99. The topological polar surface area (TPSA) is 80.9 Å². The first kappa shape index (κ1) is 20.2. The first-order chi connectivity index (χ1) is 13.8. The number of hydrogen-bond donors (Lipinski definition) is 2. The number of amides is 1. The normalized spacial score (nSPS) is 12.4. The number of pyridine rings is 2. The molecule has 0 fully saturated rings. The van der Waals surface area contributed by atoms with Gasteiger partial charge in [0.1, 0.15) is 6.67 Å². The second-order valence-corrected chi connectivity index (χ2v) is 6.18. The van der Waals surface area contributed by atoms with Crippen LogP contribution in [0, 0.1) is 0 Å². The largest absolute Gasteiger partial charge is 0.418 e. The second-order valence-electron chi connectivity index (χ2n) is 6.18. The minimum absolute atomic E-state index is 0.0647. The van der Waals surface area contributed by atoms with Gasteiger partial charge in [-0.15, -0.1) is 0 Å². The van der Waals surface area contributed by atoms with Gasteiger partial charge in [0.2, 0.25) is 0 Å². The molecule has 0 spiro atoms. The SMILES string of the molecule is Nc1cnccc1C(=O)N[C@@H](c1ccc(CF)cc1)c1ncccc1C(F)(F)F. The molecule has 0 unspecified atom stereocenters. The summed E-state index contributed by atoms with van der Waals surface area (Å²) in [5, 5.41) is 2.55. The third-order valence-corrected chi connectivity index (χ3v) is 4.26. The van der Waals surface area contributed by atoms with Gasteiger partial charge in [-0.1, -0.05) is 24.3 Å². The van der Waals surface area contributed by atoms with Gasteiger partial charge in [-0.2, -0.15) is 13.2 Å². The van der Waals surface area contributed by atoms with E-state index in [1.165, 1.54) is 48.9 Å². The molecule has 0 aliphatic heterocycles. The van der Waals surface area contributed by atoms with Crippen LogP contribution in [0.4, 0.5) is 23.2 Å². The Labute approximate surface area is 163 Å². The number of halogens is 4. The molecular formula is C20H16F4N4O. The molecule has 0 saturated carbocycles. The number of anilines is 1. The van der Waals surface area contributed by atoms with Gasteiger partial charge in [0.05, 0.1) is 34.7 Å². The van der Waals surface area contributed by atoms with Crippen molar-refractivity contribution in [2.24, 2.45) is 0 Å². The Morgan fingerprint density at radius 3 is 2.45 bits per heavy atom. The fourth-order valence-corrected chi connectivity index (χ4v) is 2.82. The van der Waals surface area contributed by atoms with E-state index in [9.17, 15) is 22.4 Å². The third-order valence-electron chi connectivity index (χ3n) is 4.26. The molecule has 2 aromatic heterocycles. The predicted molar refractivity (Wildman–Crippen MR) is 98.5 cm³/mol. The summed E-state index contributed by atoms with van der Waals surface area (Å²) in [6, 6.07) is 7.95. The molecule has 2 heterocycles. The molecule has 3 aromatic rings. The molecule has 1 aromatic carbocycles. The maximum Gasteiger partial charge on any atom is 0.418 e. The smallest absolute Gasteiger partial charge is 0.397 e. The van der Waals surface area contributed by atoms with Crippen LogP contribution in [0.3, 0.4) is 0 Å². The summed E-state index contributed by atoms with van der Waals surface area (Å²) in [6.07, 6.45) is -0.859. The van der Waals surface area contributed by atoms with Crippen LogP contribution in [0.25, 0.3) is 0 Å². The van der Waals surface area contributed by atoms with Gasteiger partial charge in [-0.3, -0.25) is 14.8 Å². The molecule has 0 bridgehead atoms. The minimum Gasteiger partial charge on any atom is -0.397 e. The zero-order chi connectivity index (χ0) is 21.0. The summed E-state index contributed by atoms with van der Waals surface area (Å²) in [7, 11) is 0. The molecule has 9 heteroatoms. The van der Waals surface area contributed by atoms with Gasteiger partial charge in [0.25, 0.3) is 5.91 Å². The van der Waals surface area contributed by atoms with Crippen LogP contribution in [-0.2, 0) is 12.9 Å². The van der Waals surface area contributed by atoms with Crippen LogP contribution in [0.1, 0.15) is 38.8 Å². The van der Waals surface area contributed by atoms with Crippen LogP contribution < -0.4 is 11.1 Å². The molecule has 150 valence electrons. The molecule has 0 aliphatic rings. The summed E-state index contributed by atoms with van der Waals surface area (Å²) < 4.78 is 53.4. The van der Waals surface area contributed by atoms with Gasteiger partial charge < -0.3 is 11.1 Å². The molecule has 0 aliphatic carbocycles. The van der Waals surface area contributed by atoms with Crippen LogP contribution in [0.2, 0.25) is 0 Å². The Bertz CT molecular complexity index is 1010. The number of aromatic nitrogens is 2. The van der Waals surface area contributed by atoms with E-state index in [-0.39, 0.29) is 16.9 Å². The monoisotopic (exact) mass is 404 g/mol. The molecule has 29 heavy (non-hydrogen) atoms. The van der Waals surface area contributed by atoms with E-state index in [4.69, 9.17) is 5.73 Å². The van der Waals surface area contributed by atoms with Crippen LogP contribution in [-0.4, -0.2) is 15.9 Å². The summed E-state index contributed by atoms with van der Waals surface area (Å²) >= 11 is 0. The van der Waals surface area contributed by atoms with E-state index in [1.54, 1.807) is 0 Å². The van der Waals surface area contributed by atoms with Gasteiger partial charge >= 0.3 is 6.18 Å². The van der Waals surface area contributed by atoms with E-state index in [2.05, 4.69) is 15.3 Å². The van der Waals surface area contributed by atoms with E-state index in [1.807, 2.05) is 0 Å². The molecule has 3 N–H and O–H groups in total. The summed E-state index contributed by atoms with van der Waals surface area (Å²) in [6.45, 7) is -0.720. The van der Waals surface area contributed by atoms with Crippen molar-refractivity contribution in [3.63, 3.8) is 0 Å². The lowest BCUT2D eigenvalue weighted by Crippen LogP contribution is -2.32. The Morgan fingerprint density at radius 1 is 1.10 bits per heavy atom. The average Bonchev–Trinajstić information content (AvgIpc) is 2.72. The van der Waals surface area contributed by atoms with Gasteiger partial charge in [0.15, 0.2) is 0 Å². The van der Waals surface area contributed by atoms with Crippen molar-refractivity contribution in [1.82, 2.24) is 15.3 Å². The zero-order valence-electron chi connectivity index (χ0n) is 14.9. The minimum atomic E-state index is -4.68. The van der Waals surface area contributed by atoms with Gasteiger partial charge in [-0.05, 0) is 29.3 Å². The maximum absolute atomic E-state index is 13.5. The number of carbonyl (C=O) groups excluding carboxylic acids is 1. The maximum atomic E-state index is 13.5. The van der Waals surface area contributed by atoms with Crippen LogP contribution in [0.15, 0.2) is 61.1 Å². The number of nitrogens with one attached hydrogen (secondary N) is 1. The first-order valence-corrected chi connectivity index (χ1v) is 8.48. The van der Waals surface area contributed by atoms with Crippen molar-refractivity contribution in [3.8, 4) is 0 Å². The van der Waals surface area contributed by atoms with Crippen LogP contribution >= 0.6 is 0 Å². The number of benzene rings is 1. The number of rotatable bonds is 5. The van der Waals surface area contributed by atoms with Crippen molar-refractivity contribution in [3.05, 3.63) is 89.0 Å². The van der Waals surface area contributed by atoms with E-state index >= 15 is 0 Å². The van der Waals surface area contributed by atoms with Crippen molar-refractivity contribution >= 4 is 11.6 Å². The molecule has 5 nitrogen and oxygen atoms in total. The molecule has 3 rings (SSSR count). The number of hydrogen-bond acceptors (Lipinski definition) is 4. The van der Waals surface area contributed by atoms with Crippen LogP contribution in [0.5, 0.6) is 0 Å². The number of carbonyl (C=O) groups is 1. The number of nitrogens with zero attached hydrogens (tertiary/aromatic N) is 2. The summed E-state index contributed by atoms with van der Waals surface area (Å²) in [5.74, 6) is -0.691. The van der Waals surface area contributed by atoms with Gasteiger partial charge in [-0.25, -0.2) is 4.39 Å². The van der Waals surface area contributed by atoms with Crippen molar-refractivity contribution in [2.45, 2.75) is 18.9 Å². The van der Waals surface area contributed by atoms with E-state index in [0.717, 1.165) is 12.1 Å². The lowest BCUT2D eigenvalue weighted by molar-refractivity contribution is -0.138. The molecule has 1 amide bonds. The quantitative estimate of drug-likeness (QED) is 0.629. The Hall–Kier alpha value is -3.49. The molecule has 0 saturated heterocycles. The fraction of sp³-hybridized carbons (Fsp3) is 0.150. The molecule has 0 radical (unpaired) electrons. The molecular weight excluding hydrogens is 388 g/mol.